The van der Waals surface area contributed by atoms with Gasteiger partial charge in [0.05, 0.1) is 0 Å². The highest BCUT2D eigenvalue weighted by atomic mass is 32.2. The fourth-order valence-electron chi connectivity index (χ4n) is 0.855. The summed E-state index contributed by atoms with van der Waals surface area (Å²) in [5.41, 5.74) is 2.48. The molecule has 13 heavy (non-hydrogen) atoms. The van der Waals surface area contributed by atoms with E-state index >= 15 is 0 Å². The van der Waals surface area contributed by atoms with Crippen molar-refractivity contribution in [3.8, 4) is 0 Å². The Hall–Kier alpha value is -0.430. The number of allylic oxidation sites excluding steroid dienone is 4. The summed E-state index contributed by atoms with van der Waals surface area (Å²) >= 11 is 1.91. The summed E-state index contributed by atoms with van der Waals surface area (Å²) in [6.07, 6.45) is 5.48. The summed E-state index contributed by atoms with van der Waals surface area (Å²) in [5.74, 6) is 1.18. The number of thioether (sulfide) groups is 1. The van der Waals surface area contributed by atoms with E-state index in [2.05, 4.69) is 46.4 Å². The molecule has 0 atom stereocenters. The predicted octanol–water partition coefficient (Wildman–Crippen LogP) is 4.56. The average Bonchev–Trinajstić information content (AvgIpc) is 2.11. The van der Waals surface area contributed by atoms with Gasteiger partial charge in [-0.15, -0.1) is 11.8 Å². The first-order valence-electron chi connectivity index (χ1n) is 4.75. The molecule has 0 aliphatic rings. The van der Waals surface area contributed by atoms with E-state index in [1.54, 1.807) is 0 Å². The Morgan fingerprint density at radius 2 is 2.00 bits per heavy atom. The second-order valence-corrected chi connectivity index (χ2v) is 4.25. The summed E-state index contributed by atoms with van der Waals surface area (Å²) in [7, 11) is 0. The monoisotopic (exact) mass is 196 g/mol. The molecule has 0 radical (unpaired) electrons. The molecule has 0 aliphatic carbocycles. The van der Waals surface area contributed by atoms with Crippen LogP contribution < -0.4 is 0 Å². The van der Waals surface area contributed by atoms with Crippen molar-refractivity contribution >= 4 is 11.8 Å². The minimum Gasteiger partial charge on any atom is -0.126 e. The van der Waals surface area contributed by atoms with Gasteiger partial charge in [0.25, 0.3) is 0 Å². The highest BCUT2D eigenvalue weighted by Gasteiger charge is 1.99. The van der Waals surface area contributed by atoms with Gasteiger partial charge >= 0.3 is 0 Å². The Morgan fingerprint density at radius 3 is 2.38 bits per heavy atom. The van der Waals surface area contributed by atoms with Gasteiger partial charge in [0.1, 0.15) is 0 Å². The van der Waals surface area contributed by atoms with Crippen LogP contribution in [0.25, 0.3) is 0 Å². The maximum Gasteiger partial charge on any atom is 0.0100 e. The Labute approximate surface area is 86.8 Å². The van der Waals surface area contributed by atoms with E-state index in [9.17, 15) is 0 Å². The highest BCUT2D eigenvalue weighted by molar-refractivity contribution is 8.03. The standard InChI is InChI=1S/C12H20S/c1-6-8-12(13-9-7-2)11(5)10(3)4/h6,8H,3,7,9H2,1-2,4-5H3/b8-6-,12-11-. The maximum absolute atomic E-state index is 3.96. The minimum absolute atomic E-state index is 1.16. The van der Waals surface area contributed by atoms with Gasteiger partial charge in [-0.2, -0.15) is 0 Å². The largest absolute Gasteiger partial charge is 0.126 e. The Morgan fingerprint density at radius 1 is 1.38 bits per heavy atom. The fourth-order valence-corrected chi connectivity index (χ4v) is 1.90. The molecule has 0 bridgehead atoms. The van der Waals surface area contributed by atoms with Crippen LogP contribution in [-0.4, -0.2) is 5.75 Å². The predicted molar refractivity (Wildman–Crippen MR) is 65.1 cm³/mol. The van der Waals surface area contributed by atoms with Crippen LogP contribution in [0.1, 0.15) is 34.1 Å². The van der Waals surface area contributed by atoms with Crippen LogP contribution in [0.4, 0.5) is 0 Å². The lowest BCUT2D eigenvalue weighted by atomic mass is 10.1. The van der Waals surface area contributed by atoms with Crippen molar-refractivity contribution in [2.24, 2.45) is 0 Å². The Balaban J connectivity index is 4.56. The lowest BCUT2D eigenvalue weighted by molar-refractivity contribution is 1.11. The fraction of sp³-hybridized carbons (Fsp3) is 0.500. The summed E-state index contributed by atoms with van der Waals surface area (Å²) in [6.45, 7) is 12.4. The van der Waals surface area contributed by atoms with Gasteiger partial charge in [0.15, 0.2) is 0 Å². The van der Waals surface area contributed by atoms with Gasteiger partial charge in [0.2, 0.25) is 0 Å². The zero-order valence-corrected chi connectivity index (χ0v) is 10.0. The van der Waals surface area contributed by atoms with Crippen LogP contribution in [0.15, 0.2) is 34.8 Å². The summed E-state index contributed by atoms with van der Waals surface area (Å²) < 4.78 is 0. The molecule has 0 unspecified atom stereocenters. The molecule has 1 heteroatoms. The van der Waals surface area contributed by atoms with Crippen LogP contribution in [0.5, 0.6) is 0 Å². The smallest absolute Gasteiger partial charge is 0.0100 e. The summed E-state index contributed by atoms with van der Waals surface area (Å²) in [4.78, 5) is 1.36. The first-order valence-corrected chi connectivity index (χ1v) is 5.74. The first-order chi connectivity index (χ1) is 6.13. The van der Waals surface area contributed by atoms with Crippen molar-refractivity contribution in [2.45, 2.75) is 34.1 Å². The molecule has 0 amide bonds. The van der Waals surface area contributed by atoms with Crippen LogP contribution in [0.2, 0.25) is 0 Å². The van der Waals surface area contributed by atoms with E-state index in [1.807, 2.05) is 11.8 Å². The van der Waals surface area contributed by atoms with E-state index in [-0.39, 0.29) is 0 Å². The number of rotatable bonds is 5. The van der Waals surface area contributed by atoms with Crippen LogP contribution in [0.3, 0.4) is 0 Å². The second kappa shape index (κ2) is 7.02. The molecule has 0 aromatic heterocycles. The molecule has 0 aromatic rings. The van der Waals surface area contributed by atoms with E-state index in [0.717, 1.165) is 5.57 Å². The van der Waals surface area contributed by atoms with Crippen molar-refractivity contribution in [1.29, 1.82) is 0 Å². The van der Waals surface area contributed by atoms with Gasteiger partial charge in [-0.1, -0.05) is 31.2 Å². The molecule has 0 nitrogen and oxygen atoms in total. The normalized spacial score (nSPS) is 13.2. The quantitative estimate of drug-likeness (QED) is 0.581. The molecule has 0 N–H and O–H groups in total. The van der Waals surface area contributed by atoms with Gasteiger partial charge < -0.3 is 0 Å². The van der Waals surface area contributed by atoms with Crippen molar-refractivity contribution in [3.63, 3.8) is 0 Å². The van der Waals surface area contributed by atoms with E-state index in [0.29, 0.717) is 0 Å². The first kappa shape index (κ1) is 12.6. The SMILES string of the molecule is C=C(C)/C(C)=C(/C=C\C)SCCC. The van der Waals surface area contributed by atoms with Gasteiger partial charge in [0, 0.05) is 4.91 Å². The molecule has 74 valence electrons. The topological polar surface area (TPSA) is 0 Å². The summed E-state index contributed by atoms with van der Waals surface area (Å²) in [6, 6.07) is 0. The molecule has 0 saturated carbocycles. The minimum atomic E-state index is 1.16. The molecular weight excluding hydrogens is 176 g/mol. The van der Waals surface area contributed by atoms with Crippen molar-refractivity contribution in [2.75, 3.05) is 5.75 Å². The van der Waals surface area contributed by atoms with Crippen molar-refractivity contribution in [3.05, 3.63) is 34.8 Å². The molecule has 0 heterocycles. The molecule has 0 aromatic carbocycles. The zero-order valence-electron chi connectivity index (χ0n) is 9.18. The third-order valence-electron chi connectivity index (χ3n) is 1.79. The van der Waals surface area contributed by atoms with Gasteiger partial charge in [-0.3, -0.25) is 0 Å². The Bertz CT molecular complexity index is 221. The molecule has 0 spiro atoms. The number of hydrogen-bond acceptors (Lipinski definition) is 1. The third kappa shape index (κ3) is 4.99. The second-order valence-electron chi connectivity index (χ2n) is 3.12. The van der Waals surface area contributed by atoms with Crippen LogP contribution in [-0.2, 0) is 0 Å². The molecule has 0 fully saturated rings. The average molecular weight is 196 g/mol. The van der Waals surface area contributed by atoms with Gasteiger partial charge in [-0.25, -0.2) is 0 Å². The lowest BCUT2D eigenvalue weighted by Crippen LogP contribution is -1.84. The van der Waals surface area contributed by atoms with E-state index in [4.69, 9.17) is 0 Å². The molecule has 0 saturated heterocycles. The molecule has 0 aliphatic heterocycles. The number of hydrogen-bond donors (Lipinski definition) is 0. The maximum atomic E-state index is 3.96. The van der Waals surface area contributed by atoms with Crippen molar-refractivity contribution in [1.82, 2.24) is 0 Å². The Kier molecular flexibility index (Phi) is 6.79. The van der Waals surface area contributed by atoms with E-state index in [1.165, 1.54) is 22.7 Å². The van der Waals surface area contributed by atoms with Crippen LogP contribution in [0, 0.1) is 0 Å². The highest BCUT2D eigenvalue weighted by Crippen LogP contribution is 2.25. The van der Waals surface area contributed by atoms with Crippen molar-refractivity contribution < 1.29 is 0 Å². The van der Waals surface area contributed by atoms with Gasteiger partial charge in [-0.05, 0) is 38.5 Å². The van der Waals surface area contributed by atoms with E-state index < -0.39 is 0 Å². The summed E-state index contributed by atoms with van der Waals surface area (Å²) in [5, 5.41) is 0. The molecular formula is C12H20S. The van der Waals surface area contributed by atoms with Crippen LogP contribution >= 0.6 is 11.8 Å². The third-order valence-corrected chi connectivity index (χ3v) is 3.16. The lowest BCUT2D eigenvalue weighted by Gasteiger charge is -2.07. The molecule has 0 rings (SSSR count). The zero-order chi connectivity index (χ0) is 10.3.